The van der Waals surface area contributed by atoms with Crippen LogP contribution in [-0.4, -0.2) is 37.9 Å². The highest BCUT2D eigenvalue weighted by Crippen LogP contribution is 2.71. The van der Waals surface area contributed by atoms with E-state index in [0.717, 1.165) is 0 Å². The van der Waals surface area contributed by atoms with Crippen LogP contribution in [-0.2, 0) is 4.43 Å². The van der Waals surface area contributed by atoms with E-state index < -0.39 is 24.7 Å². The molecule has 1 heterocycles. The van der Waals surface area contributed by atoms with Gasteiger partial charge in [-0.15, -0.1) is 0 Å². The summed E-state index contributed by atoms with van der Waals surface area (Å²) in [7, 11) is -2.77. The van der Waals surface area contributed by atoms with E-state index in [2.05, 4.69) is 100 Å². The quantitative estimate of drug-likeness (QED) is 0.412. The van der Waals surface area contributed by atoms with Crippen molar-refractivity contribution >= 4 is 18.7 Å². The second-order valence-corrected chi connectivity index (χ2v) is 16.0. The van der Waals surface area contributed by atoms with Crippen LogP contribution in [0.3, 0.4) is 0 Å². The lowest BCUT2D eigenvalue weighted by Gasteiger charge is -2.51. The summed E-state index contributed by atoms with van der Waals surface area (Å²) in [6.45, 7) is 11.9. The van der Waals surface area contributed by atoms with Crippen molar-refractivity contribution < 1.29 is 4.43 Å². The summed E-state index contributed by atoms with van der Waals surface area (Å²) >= 11 is 0. The zero-order valence-corrected chi connectivity index (χ0v) is 23.2. The van der Waals surface area contributed by atoms with Crippen molar-refractivity contribution in [2.24, 2.45) is 16.7 Å². The largest absolute Gasteiger partial charge is 0.406 e. The molecule has 0 bridgehead atoms. The topological polar surface area (TPSA) is 107 Å². The molecule has 1 saturated carbocycles. The van der Waals surface area contributed by atoms with Gasteiger partial charge in [-0.05, 0) is 21.3 Å². The van der Waals surface area contributed by atoms with Crippen molar-refractivity contribution in [2.45, 2.75) is 57.7 Å². The van der Waals surface area contributed by atoms with Crippen LogP contribution in [0.1, 0.15) is 41.0 Å². The number of hydrogen-bond acceptors (Lipinski definition) is 6. The smallest absolute Gasteiger partial charge is 0.261 e. The van der Waals surface area contributed by atoms with Gasteiger partial charge in [0.25, 0.3) is 8.32 Å². The van der Waals surface area contributed by atoms with Crippen LogP contribution in [0.5, 0.6) is 0 Å². The van der Waals surface area contributed by atoms with Gasteiger partial charge < -0.3 is 4.43 Å². The molecule has 37 heavy (non-hydrogen) atoms. The zero-order valence-electron chi connectivity index (χ0n) is 22.2. The van der Waals surface area contributed by atoms with Crippen LogP contribution in [0.4, 0.5) is 0 Å². The van der Waals surface area contributed by atoms with Gasteiger partial charge in [0.1, 0.15) is 0 Å². The fourth-order valence-electron chi connectivity index (χ4n) is 6.48. The zero-order chi connectivity index (χ0) is 27.1. The fraction of sp³-hybridized carbons (Fsp3) is 0.467. The summed E-state index contributed by atoms with van der Waals surface area (Å²) in [5.41, 5.74) is -4.06. The van der Waals surface area contributed by atoms with Gasteiger partial charge in [-0.3, -0.25) is 4.90 Å². The van der Waals surface area contributed by atoms with Crippen LogP contribution in [0.25, 0.3) is 0 Å². The van der Waals surface area contributed by atoms with Gasteiger partial charge in [-0.25, -0.2) is 0 Å². The molecule has 0 aromatic heterocycles. The van der Waals surface area contributed by atoms with E-state index in [0.29, 0.717) is 13.2 Å². The molecule has 2 fully saturated rings. The first kappa shape index (κ1) is 26.6. The minimum absolute atomic E-state index is 0.0712. The molecule has 2 aliphatic rings. The lowest BCUT2D eigenvalue weighted by molar-refractivity contribution is 0.00941. The molecule has 6 nitrogen and oxygen atoms in total. The maximum atomic E-state index is 10.1. The summed E-state index contributed by atoms with van der Waals surface area (Å²) in [6, 6.07) is 29.0. The molecule has 2 aromatic carbocycles. The molecule has 1 aliphatic heterocycles. The summed E-state index contributed by atoms with van der Waals surface area (Å²) in [4.78, 5) is 2.15. The van der Waals surface area contributed by atoms with Crippen molar-refractivity contribution in [3.05, 3.63) is 60.7 Å². The number of rotatable bonds is 7. The Hall–Kier alpha value is -3.46. The average molecular weight is 508 g/mol. The second kappa shape index (κ2) is 9.13. The van der Waals surface area contributed by atoms with Crippen molar-refractivity contribution in [1.29, 1.82) is 21.0 Å². The summed E-state index contributed by atoms with van der Waals surface area (Å²) in [5, 5.41) is 41.9. The molecule has 2 aromatic rings. The predicted molar refractivity (Wildman–Crippen MR) is 144 cm³/mol. The van der Waals surface area contributed by atoms with Gasteiger partial charge in [0.2, 0.25) is 0 Å². The Morgan fingerprint density at radius 2 is 1.35 bits per heavy atom. The maximum Gasteiger partial charge on any atom is 0.261 e. The molecule has 1 spiro atoms. The number of hydrogen-bond donors (Lipinski definition) is 0. The molecule has 3 atom stereocenters. The Bertz CT molecular complexity index is 1260. The molecule has 4 rings (SSSR count). The minimum atomic E-state index is -2.77. The molecule has 0 amide bonds. The number of benzene rings is 2. The Morgan fingerprint density at radius 1 is 0.865 bits per heavy atom. The molecule has 1 saturated heterocycles. The Labute approximate surface area is 221 Å². The summed E-state index contributed by atoms with van der Waals surface area (Å²) in [5.74, 6) is 0.173. The van der Waals surface area contributed by atoms with E-state index in [1.807, 2.05) is 24.3 Å². The fourth-order valence-corrected chi connectivity index (χ4v) is 11.1. The standard InChI is InChI=1S/C30H33N5OSi/c1-23(2)26(35-22-30(35)17-28(18-31,19-32)29(30,20-33)21-34)16-36-37(27(3,4)5,24-12-8-6-9-13-24)25-14-10-7-11-15-25/h6-15,23,26H,16-17,22H2,1-5H3/t26-,30+,35?/m0/s1. The van der Waals surface area contributed by atoms with E-state index in [-0.39, 0.29) is 23.4 Å². The Morgan fingerprint density at radius 3 is 1.73 bits per heavy atom. The SMILES string of the molecule is CC(C)[C@H](CO[Si](c1ccccc1)(c1ccccc1)C(C)(C)C)N1C[C@@]12CC(C#N)(C#N)C2(C#N)C#N. The van der Waals surface area contributed by atoms with Crippen LogP contribution in [0.15, 0.2) is 60.7 Å². The van der Waals surface area contributed by atoms with E-state index >= 15 is 0 Å². The van der Waals surface area contributed by atoms with Crippen LogP contribution in [0.2, 0.25) is 5.04 Å². The van der Waals surface area contributed by atoms with Gasteiger partial charge >= 0.3 is 0 Å². The number of nitriles is 4. The van der Waals surface area contributed by atoms with E-state index in [1.54, 1.807) is 0 Å². The van der Waals surface area contributed by atoms with E-state index in [1.165, 1.54) is 10.4 Å². The molecule has 188 valence electrons. The second-order valence-electron chi connectivity index (χ2n) is 11.7. The highest BCUT2D eigenvalue weighted by atomic mass is 28.4. The highest BCUT2D eigenvalue weighted by molar-refractivity contribution is 6.99. The van der Waals surface area contributed by atoms with E-state index in [9.17, 15) is 21.0 Å². The predicted octanol–water partition coefficient (Wildman–Crippen LogP) is 4.11. The third kappa shape index (κ3) is 3.54. The molecular weight excluding hydrogens is 474 g/mol. The maximum absolute atomic E-state index is 10.1. The molecular formula is C30H33N5OSi. The molecule has 0 radical (unpaired) electrons. The summed E-state index contributed by atoms with van der Waals surface area (Å²) in [6.07, 6.45) is 0.205. The monoisotopic (exact) mass is 507 g/mol. The van der Waals surface area contributed by atoms with Gasteiger partial charge in [-0.1, -0.05) is 95.3 Å². The Balaban J connectivity index is 1.73. The van der Waals surface area contributed by atoms with Crippen LogP contribution < -0.4 is 10.4 Å². The third-order valence-corrected chi connectivity index (χ3v) is 13.6. The van der Waals surface area contributed by atoms with Gasteiger partial charge in [-0.2, -0.15) is 21.0 Å². The number of nitrogens with zero attached hydrogens (tertiary/aromatic N) is 5. The average Bonchev–Trinajstić information content (AvgIpc) is 3.62. The first-order valence-electron chi connectivity index (χ1n) is 12.7. The van der Waals surface area contributed by atoms with Crippen molar-refractivity contribution in [3.8, 4) is 24.3 Å². The van der Waals surface area contributed by atoms with Crippen LogP contribution >= 0.6 is 0 Å². The van der Waals surface area contributed by atoms with Crippen molar-refractivity contribution in [1.82, 2.24) is 4.90 Å². The summed E-state index contributed by atoms with van der Waals surface area (Å²) < 4.78 is 7.19. The molecule has 1 unspecified atom stereocenters. The van der Waals surface area contributed by atoms with Crippen LogP contribution in [0, 0.1) is 62.1 Å². The Kier molecular flexibility index (Phi) is 6.56. The van der Waals surface area contributed by atoms with Gasteiger partial charge in [0.15, 0.2) is 10.8 Å². The lowest BCUT2D eigenvalue weighted by Crippen LogP contribution is -2.68. The highest BCUT2D eigenvalue weighted by Gasteiger charge is 2.86. The third-order valence-electron chi connectivity index (χ3n) is 8.55. The molecule has 0 N–H and O–H groups in total. The van der Waals surface area contributed by atoms with E-state index in [4.69, 9.17) is 4.43 Å². The van der Waals surface area contributed by atoms with Gasteiger partial charge in [0, 0.05) is 19.0 Å². The molecule has 1 aliphatic carbocycles. The molecule has 7 heteroatoms. The van der Waals surface area contributed by atoms with Crippen molar-refractivity contribution in [2.75, 3.05) is 13.2 Å². The van der Waals surface area contributed by atoms with Gasteiger partial charge in [0.05, 0.1) is 36.4 Å². The lowest BCUT2D eigenvalue weighted by atomic mass is 9.44. The first-order chi connectivity index (χ1) is 17.5. The first-order valence-corrected chi connectivity index (χ1v) is 14.6. The minimum Gasteiger partial charge on any atom is -0.406 e. The van der Waals surface area contributed by atoms with Crippen molar-refractivity contribution in [3.63, 3.8) is 0 Å². The normalized spacial score (nSPS) is 24.1.